The Morgan fingerprint density at radius 2 is 2.00 bits per heavy atom. The van der Waals surface area contributed by atoms with Crippen molar-refractivity contribution in [1.82, 2.24) is 15.3 Å². The minimum absolute atomic E-state index is 0.346. The van der Waals surface area contributed by atoms with E-state index in [-0.39, 0.29) is 0 Å². The molecule has 1 aromatic heterocycles. The number of hydrogen-bond acceptors (Lipinski definition) is 4. The smallest absolute Gasteiger partial charge is 0.232 e. The van der Waals surface area contributed by atoms with Crippen molar-refractivity contribution in [2.24, 2.45) is 5.92 Å². The summed E-state index contributed by atoms with van der Waals surface area (Å²) in [5.74, 6) is 1.44. The van der Waals surface area contributed by atoms with Gasteiger partial charge in [0.15, 0.2) is 0 Å². The van der Waals surface area contributed by atoms with Crippen LogP contribution in [0.1, 0.15) is 45.7 Å². The maximum atomic E-state index is 5.15. The van der Waals surface area contributed by atoms with Gasteiger partial charge in [0.25, 0.3) is 0 Å². The number of rotatable bonds is 7. The fourth-order valence-electron chi connectivity index (χ4n) is 2.30. The van der Waals surface area contributed by atoms with Crippen molar-refractivity contribution in [3.63, 3.8) is 0 Å². The monoisotopic (exact) mass is 251 g/mol. The van der Waals surface area contributed by atoms with E-state index in [1.165, 1.54) is 0 Å². The molecule has 2 unspecified atom stereocenters. The van der Waals surface area contributed by atoms with Crippen molar-refractivity contribution < 1.29 is 4.74 Å². The molecule has 0 spiro atoms. The molecule has 4 heteroatoms. The molecule has 18 heavy (non-hydrogen) atoms. The van der Waals surface area contributed by atoms with Crippen LogP contribution in [0.3, 0.4) is 0 Å². The molecule has 0 saturated heterocycles. The van der Waals surface area contributed by atoms with Gasteiger partial charge in [0.2, 0.25) is 5.88 Å². The molecule has 0 amide bonds. The lowest BCUT2D eigenvalue weighted by Gasteiger charge is -2.27. The van der Waals surface area contributed by atoms with Gasteiger partial charge in [0, 0.05) is 18.2 Å². The van der Waals surface area contributed by atoms with Crippen LogP contribution in [-0.4, -0.2) is 29.7 Å². The molecule has 0 aromatic carbocycles. The van der Waals surface area contributed by atoms with E-state index in [2.05, 4.69) is 43.0 Å². The predicted molar refractivity (Wildman–Crippen MR) is 73.9 cm³/mol. The summed E-state index contributed by atoms with van der Waals surface area (Å²) < 4.78 is 5.15. The van der Waals surface area contributed by atoms with Gasteiger partial charge in [-0.2, -0.15) is 0 Å². The lowest BCUT2D eigenvalue weighted by atomic mass is 9.86. The van der Waals surface area contributed by atoms with E-state index in [4.69, 9.17) is 4.74 Å². The average Bonchev–Trinajstić information content (AvgIpc) is 2.36. The van der Waals surface area contributed by atoms with Gasteiger partial charge in [0.05, 0.1) is 19.0 Å². The summed E-state index contributed by atoms with van der Waals surface area (Å²) in [6, 6.07) is 0.381. The Morgan fingerprint density at radius 1 is 1.28 bits per heavy atom. The first-order valence-corrected chi connectivity index (χ1v) is 6.69. The van der Waals surface area contributed by atoms with E-state index in [0.717, 1.165) is 18.7 Å². The second kappa shape index (κ2) is 7.31. The SMILES string of the molecule is CCCNC(C)C(c1cncc(OC)n1)C(C)C. The van der Waals surface area contributed by atoms with E-state index in [1.54, 1.807) is 13.3 Å². The summed E-state index contributed by atoms with van der Waals surface area (Å²) in [6.45, 7) is 9.85. The zero-order valence-electron chi connectivity index (χ0n) is 12.1. The molecule has 0 aliphatic rings. The Kier molecular flexibility index (Phi) is 6.05. The summed E-state index contributed by atoms with van der Waals surface area (Å²) in [7, 11) is 1.62. The molecule has 0 fully saturated rings. The molecule has 0 radical (unpaired) electrons. The molecule has 0 bridgehead atoms. The van der Waals surface area contributed by atoms with Crippen LogP contribution in [0.15, 0.2) is 12.4 Å². The molecule has 1 N–H and O–H groups in total. The second-order valence-electron chi connectivity index (χ2n) is 5.00. The molecule has 102 valence electrons. The van der Waals surface area contributed by atoms with Crippen LogP contribution in [0.25, 0.3) is 0 Å². The fourth-order valence-corrected chi connectivity index (χ4v) is 2.30. The van der Waals surface area contributed by atoms with Crippen molar-refractivity contribution >= 4 is 0 Å². The van der Waals surface area contributed by atoms with E-state index < -0.39 is 0 Å². The Bertz CT molecular complexity index is 355. The molecular weight excluding hydrogens is 226 g/mol. The highest BCUT2D eigenvalue weighted by atomic mass is 16.5. The summed E-state index contributed by atoms with van der Waals surface area (Å²) in [5, 5.41) is 3.54. The van der Waals surface area contributed by atoms with Crippen molar-refractivity contribution in [2.45, 2.75) is 46.1 Å². The van der Waals surface area contributed by atoms with E-state index in [9.17, 15) is 0 Å². The van der Waals surface area contributed by atoms with Gasteiger partial charge in [0.1, 0.15) is 0 Å². The first-order chi connectivity index (χ1) is 8.60. The van der Waals surface area contributed by atoms with Crippen LogP contribution in [0.5, 0.6) is 5.88 Å². The molecule has 0 aliphatic heterocycles. The zero-order valence-corrected chi connectivity index (χ0v) is 12.1. The van der Waals surface area contributed by atoms with Crippen LogP contribution >= 0.6 is 0 Å². The predicted octanol–water partition coefficient (Wildman–Crippen LogP) is 2.61. The Morgan fingerprint density at radius 3 is 2.56 bits per heavy atom. The maximum absolute atomic E-state index is 5.15. The summed E-state index contributed by atoms with van der Waals surface area (Å²) in [6.07, 6.45) is 4.63. The van der Waals surface area contributed by atoms with E-state index in [0.29, 0.717) is 23.8 Å². The van der Waals surface area contributed by atoms with Crippen molar-refractivity contribution in [1.29, 1.82) is 0 Å². The highest BCUT2D eigenvalue weighted by Gasteiger charge is 2.24. The Balaban J connectivity index is 2.89. The Labute approximate surface area is 110 Å². The third-order valence-electron chi connectivity index (χ3n) is 3.15. The molecule has 0 aliphatic carbocycles. The van der Waals surface area contributed by atoms with Crippen LogP contribution < -0.4 is 10.1 Å². The largest absolute Gasteiger partial charge is 0.480 e. The summed E-state index contributed by atoms with van der Waals surface area (Å²) in [5.41, 5.74) is 1.00. The molecule has 1 heterocycles. The van der Waals surface area contributed by atoms with Gasteiger partial charge in [-0.1, -0.05) is 20.8 Å². The average molecular weight is 251 g/mol. The van der Waals surface area contributed by atoms with Crippen LogP contribution in [-0.2, 0) is 0 Å². The maximum Gasteiger partial charge on any atom is 0.232 e. The molecule has 1 rings (SSSR count). The second-order valence-corrected chi connectivity index (χ2v) is 5.00. The summed E-state index contributed by atoms with van der Waals surface area (Å²) >= 11 is 0. The van der Waals surface area contributed by atoms with Gasteiger partial charge >= 0.3 is 0 Å². The lowest BCUT2D eigenvalue weighted by Crippen LogP contribution is -2.35. The van der Waals surface area contributed by atoms with Crippen LogP contribution in [0.2, 0.25) is 0 Å². The molecular formula is C14H25N3O. The van der Waals surface area contributed by atoms with Gasteiger partial charge < -0.3 is 10.1 Å². The number of hydrogen-bond donors (Lipinski definition) is 1. The van der Waals surface area contributed by atoms with Crippen LogP contribution in [0, 0.1) is 5.92 Å². The fraction of sp³-hybridized carbons (Fsp3) is 0.714. The lowest BCUT2D eigenvalue weighted by molar-refractivity contribution is 0.357. The normalized spacial score (nSPS) is 14.6. The molecule has 4 nitrogen and oxygen atoms in total. The van der Waals surface area contributed by atoms with Gasteiger partial charge in [-0.15, -0.1) is 0 Å². The number of ether oxygens (including phenoxy) is 1. The molecule has 2 atom stereocenters. The highest BCUT2D eigenvalue weighted by Crippen LogP contribution is 2.27. The standard InChI is InChI=1S/C14H25N3O/c1-6-7-16-11(4)14(10(2)3)12-8-15-9-13(17-12)18-5/h8-11,14,16H,6-7H2,1-5H3. The molecule has 0 saturated carbocycles. The topological polar surface area (TPSA) is 47.0 Å². The van der Waals surface area contributed by atoms with Gasteiger partial charge in [-0.3, -0.25) is 4.98 Å². The van der Waals surface area contributed by atoms with Crippen LogP contribution in [0.4, 0.5) is 0 Å². The number of nitrogens with one attached hydrogen (secondary N) is 1. The molecule has 1 aromatic rings. The number of nitrogens with zero attached hydrogens (tertiary/aromatic N) is 2. The quantitative estimate of drug-likeness (QED) is 0.809. The minimum Gasteiger partial charge on any atom is -0.480 e. The van der Waals surface area contributed by atoms with Gasteiger partial charge in [-0.05, 0) is 25.8 Å². The highest BCUT2D eigenvalue weighted by molar-refractivity contribution is 5.14. The van der Waals surface area contributed by atoms with Crippen molar-refractivity contribution in [2.75, 3.05) is 13.7 Å². The van der Waals surface area contributed by atoms with E-state index >= 15 is 0 Å². The van der Waals surface area contributed by atoms with E-state index in [1.807, 2.05) is 6.20 Å². The summed E-state index contributed by atoms with van der Waals surface area (Å²) in [4.78, 5) is 8.72. The van der Waals surface area contributed by atoms with Crippen molar-refractivity contribution in [3.8, 4) is 5.88 Å². The van der Waals surface area contributed by atoms with Crippen molar-refractivity contribution in [3.05, 3.63) is 18.1 Å². The third kappa shape index (κ3) is 3.95. The number of methoxy groups -OCH3 is 1. The third-order valence-corrected chi connectivity index (χ3v) is 3.15. The zero-order chi connectivity index (χ0) is 13.5. The Hall–Kier alpha value is -1.16. The first-order valence-electron chi connectivity index (χ1n) is 6.69. The van der Waals surface area contributed by atoms with Gasteiger partial charge in [-0.25, -0.2) is 4.98 Å². The minimum atomic E-state index is 0.346. The number of aromatic nitrogens is 2. The first kappa shape index (κ1) is 14.9.